The van der Waals surface area contributed by atoms with Gasteiger partial charge in [0.1, 0.15) is 0 Å². The zero-order valence-electron chi connectivity index (χ0n) is 14.8. The van der Waals surface area contributed by atoms with Crippen LogP contribution in [0.15, 0.2) is 59.6 Å². The Labute approximate surface area is 150 Å². The maximum Gasteiger partial charge on any atom is 0.188 e. The van der Waals surface area contributed by atoms with Gasteiger partial charge in [-0.05, 0) is 49.0 Å². The molecule has 0 spiro atoms. The second kappa shape index (κ2) is 9.23. The molecule has 132 valence electrons. The van der Waals surface area contributed by atoms with Crippen molar-refractivity contribution in [2.75, 3.05) is 19.6 Å². The minimum atomic E-state index is 0.511. The van der Waals surface area contributed by atoms with E-state index in [9.17, 15) is 0 Å². The molecule has 3 N–H and O–H groups in total. The van der Waals surface area contributed by atoms with Gasteiger partial charge in [-0.2, -0.15) is 0 Å². The Balaban J connectivity index is 1.41. The fourth-order valence-electron chi connectivity index (χ4n) is 3.16. The maximum absolute atomic E-state index is 5.96. The quantitative estimate of drug-likeness (QED) is 0.604. The third-order valence-corrected chi connectivity index (χ3v) is 4.62. The fourth-order valence-corrected chi connectivity index (χ4v) is 3.16. The molecule has 1 aliphatic heterocycles. The summed E-state index contributed by atoms with van der Waals surface area (Å²) < 4.78 is 0. The molecule has 0 aromatic heterocycles. The molecule has 4 heteroatoms. The van der Waals surface area contributed by atoms with Gasteiger partial charge in [0.2, 0.25) is 0 Å². The van der Waals surface area contributed by atoms with Crippen molar-refractivity contribution >= 4 is 5.96 Å². The van der Waals surface area contributed by atoms with Crippen LogP contribution in [-0.2, 0) is 19.5 Å². The fraction of sp³-hybridized carbons (Fsp3) is 0.381. The van der Waals surface area contributed by atoms with Crippen molar-refractivity contribution in [3.63, 3.8) is 0 Å². The van der Waals surface area contributed by atoms with Crippen LogP contribution in [0.4, 0.5) is 0 Å². The van der Waals surface area contributed by atoms with Crippen molar-refractivity contribution in [1.82, 2.24) is 10.2 Å². The highest BCUT2D eigenvalue weighted by Crippen LogP contribution is 2.13. The topological polar surface area (TPSA) is 53.6 Å². The van der Waals surface area contributed by atoms with E-state index in [-0.39, 0.29) is 0 Å². The third-order valence-electron chi connectivity index (χ3n) is 4.62. The Morgan fingerprint density at radius 2 is 1.60 bits per heavy atom. The van der Waals surface area contributed by atoms with Crippen LogP contribution in [-0.4, -0.2) is 30.5 Å². The van der Waals surface area contributed by atoms with Crippen LogP contribution < -0.4 is 11.1 Å². The Bertz CT molecular complexity index is 658. The molecule has 4 nitrogen and oxygen atoms in total. The number of likely N-dealkylation sites (tertiary alicyclic amines) is 1. The summed E-state index contributed by atoms with van der Waals surface area (Å²) in [5, 5.41) is 3.18. The van der Waals surface area contributed by atoms with Gasteiger partial charge in [0.25, 0.3) is 0 Å². The lowest BCUT2D eigenvalue weighted by molar-refractivity contribution is 0.331. The van der Waals surface area contributed by atoms with Gasteiger partial charge in [0.05, 0.1) is 6.54 Å². The molecule has 0 unspecified atom stereocenters. The van der Waals surface area contributed by atoms with Gasteiger partial charge < -0.3 is 11.1 Å². The summed E-state index contributed by atoms with van der Waals surface area (Å²) in [7, 11) is 0. The average molecular weight is 336 g/mol. The van der Waals surface area contributed by atoms with Gasteiger partial charge in [0.15, 0.2) is 5.96 Å². The Morgan fingerprint density at radius 1 is 0.920 bits per heavy atom. The summed E-state index contributed by atoms with van der Waals surface area (Å²) in [6.45, 7) is 4.95. The number of nitrogens with one attached hydrogen (secondary N) is 1. The molecular weight excluding hydrogens is 308 g/mol. The van der Waals surface area contributed by atoms with Crippen LogP contribution >= 0.6 is 0 Å². The van der Waals surface area contributed by atoms with Gasteiger partial charge in [-0.15, -0.1) is 0 Å². The zero-order valence-corrected chi connectivity index (χ0v) is 14.8. The van der Waals surface area contributed by atoms with Crippen LogP contribution in [0.5, 0.6) is 0 Å². The number of guanidine groups is 1. The summed E-state index contributed by atoms with van der Waals surface area (Å²) >= 11 is 0. The van der Waals surface area contributed by atoms with E-state index < -0.39 is 0 Å². The zero-order chi connectivity index (χ0) is 17.3. The molecule has 1 saturated heterocycles. The Hall–Kier alpha value is -2.33. The Morgan fingerprint density at radius 3 is 2.32 bits per heavy atom. The van der Waals surface area contributed by atoms with Crippen LogP contribution in [0.1, 0.15) is 29.5 Å². The lowest BCUT2D eigenvalue weighted by Gasteiger charge is -2.14. The summed E-state index contributed by atoms with van der Waals surface area (Å²) in [5.74, 6) is 0.511. The number of benzene rings is 2. The predicted molar refractivity (Wildman–Crippen MR) is 104 cm³/mol. The SMILES string of the molecule is NC(=NCc1ccc(CN2CCCC2)cc1)NCCc1ccccc1. The van der Waals surface area contributed by atoms with E-state index in [0.29, 0.717) is 12.5 Å². The molecule has 2 aromatic rings. The first kappa shape index (κ1) is 17.5. The average Bonchev–Trinajstić information content (AvgIpc) is 3.15. The predicted octanol–water partition coefficient (Wildman–Crippen LogP) is 2.93. The van der Waals surface area contributed by atoms with Crippen molar-refractivity contribution in [3.05, 3.63) is 71.3 Å². The van der Waals surface area contributed by atoms with Crippen LogP contribution in [0.2, 0.25) is 0 Å². The van der Waals surface area contributed by atoms with Crippen LogP contribution in [0.25, 0.3) is 0 Å². The summed E-state index contributed by atoms with van der Waals surface area (Å²) in [6.07, 6.45) is 3.62. The van der Waals surface area contributed by atoms with E-state index in [2.05, 4.69) is 63.7 Å². The monoisotopic (exact) mass is 336 g/mol. The van der Waals surface area contributed by atoms with E-state index in [0.717, 1.165) is 19.5 Å². The number of hydrogen-bond donors (Lipinski definition) is 2. The molecule has 0 bridgehead atoms. The molecule has 0 aliphatic carbocycles. The smallest absolute Gasteiger partial charge is 0.188 e. The number of nitrogens with zero attached hydrogens (tertiary/aromatic N) is 2. The normalized spacial score (nSPS) is 15.4. The molecular formula is C21H28N4. The molecule has 0 saturated carbocycles. The number of hydrogen-bond acceptors (Lipinski definition) is 2. The highest BCUT2D eigenvalue weighted by atomic mass is 15.1. The summed E-state index contributed by atoms with van der Waals surface area (Å²) in [5.41, 5.74) is 9.83. The molecule has 0 amide bonds. The summed E-state index contributed by atoms with van der Waals surface area (Å²) in [4.78, 5) is 6.95. The second-order valence-electron chi connectivity index (χ2n) is 6.66. The van der Waals surface area contributed by atoms with Crippen molar-refractivity contribution in [2.45, 2.75) is 32.4 Å². The van der Waals surface area contributed by atoms with E-state index in [1.165, 1.54) is 42.6 Å². The lowest BCUT2D eigenvalue weighted by Crippen LogP contribution is -2.33. The first-order chi connectivity index (χ1) is 12.3. The van der Waals surface area contributed by atoms with Gasteiger partial charge >= 0.3 is 0 Å². The molecule has 1 heterocycles. The second-order valence-corrected chi connectivity index (χ2v) is 6.66. The van der Waals surface area contributed by atoms with E-state index in [1.807, 2.05) is 6.07 Å². The molecule has 1 aliphatic rings. The van der Waals surface area contributed by atoms with Gasteiger partial charge in [-0.1, -0.05) is 54.6 Å². The number of rotatable bonds is 7. The number of aliphatic imine (C=N–C) groups is 1. The molecule has 1 fully saturated rings. The molecule has 0 radical (unpaired) electrons. The van der Waals surface area contributed by atoms with Crippen molar-refractivity contribution < 1.29 is 0 Å². The first-order valence-electron chi connectivity index (χ1n) is 9.17. The molecule has 2 aromatic carbocycles. The van der Waals surface area contributed by atoms with Gasteiger partial charge in [-0.25, -0.2) is 4.99 Å². The number of nitrogens with two attached hydrogens (primary N) is 1. The molecule has 25 heavy (non-hydrogen) atoms. The van der Waals surface area contributed by atoms with Gasteiger partial charge in [-0.3, -0.25) is 4.90 Å². The lowest BCUT2D eigenvalue weighted by atomic mass is 10.1. The minimum absolute atomic E-state index is 0.511. The molecule has 3 rings (SSSR count). The highest BCUT2D eigenvalue weighted by Gasteiger charge is 2.11. The van der Waals surface area contributed by atoms with E-state index in [4.69, 9.17) is 5.73 Å². The minimum Gasteiger partial charge on any atom is -0.370 e. The highest BCUT2D eigenvalue weighted by molar-refractivity contribution is 5.77. The third kappa shape index (κ3) is 5.91. The largest absolute Gasteiger partial charge is 0.370 e. The maximum atomic E-state index is 5.96. The first-order valence-corrected chi connectivity index (χ1v) is 9.17. The van der Waals surface area contributed by atoms with Crippen LogP contribution in [0.3, 0.4) is 0 Å². The standard InChI is InChI=1S/C21H28N4/c22-21(23-13-12-18-6-2-1-3-7-18)24-16-19-8-10-20(11-9-19)17-25-14-4-5-15-25/h1-3,6-11H,4-5,12-17H2,(H3,22,23,24). The van der Waals surface area contributed by atoms with Crippen molar-refractivity contribution in [3.8, 4) is 0 Å². The van der Waals surface area contributed by atoms with E-state index in [1.54, 1.807) is 0 Å². The van der Waals surface area contributed by atoms with Crippen molar-refractivity contribution in [1.29, 1.82) is 0 Å². The Kier molecular flexibility index (Phi) is 6.46. The van der Waals surface area contributed by atoms with Crippen molar-refractivity contribution in [2.24, 2.45) is 10.7 Å². The molecule has 0 atom stereocenters. The summed E-state index contributed by atoms with van der Waals surface area (Å²) in [6, 6.07) is 19.1. The van der Waals surface area contributed by atoms with E-state index >= 15 is 0 Å². The van der Waals surface area contributed by atoms with Gasteiger partial charge in [0, 0.05) is 13.1 Å². The van der Waals surface area contributed by atoms with Crippen LogP contribution in [0, 0.1) is 0 Å².